The summed E-state index contributed by atoms with van der Waals surface area (Å²) in [5.41, 5.74) is 5.75. The maximum Gasteiger partial charge on any atom is 0.274 e. The molecule has 31 heavy (non-hydrogen) atoms. The highest BCUT2D eigenvalue weighted by Crippen LogP contribution is 2.41. The number of nitrogens with zero attached hydrogens (tertiary/aromatic N) is 4. The van der Waals surface area contributed by atoms with Crippen LogP contribution in [0.4, 0.5) is 5.69 Å². The Kier molecular flexibility index (Phi) is 4.44. The summed E-state index contributed by atoms with van der Waals surface area (Å²) in [6.07, 6.45) is 6.58. The molecule has 4 heterocycles. The molecule has 0 saturated heterocycles. The quantitative estimate of drug-likeness (QED) is 0.528. The standard InChI is InChI=1S/C22H21N5O3S/c1-26-12-18-17-8-14(13-31(2,29)30)5-6-19(17)27(11-16-4-3-7-24-25-16)10-15-9-23-21(20(15)18)22(26)28/h3-9,12,23H,10-11,13H2,1-2H3. The predicted octanol–water partition coefficient (Wildman–Crippen LogP) is 2.39. The Morgan fingerprint density at radius 1 is 1.19 bits per heavy atom. The summed E-state index contributed by atoms with van der Waals surface area (Å²) in [5, 5.41) is 9.08. The third-order valence-electron chi connectivity index (χ3n) is 5.55. The molecule has 1 aliphatic rings. The second-order valence-corrected chi connectivity index (χ2v) is 10.2. The van der Waals surface area contributed by atoms with Crippen molar-refractivity contribution in [3.05, 3.63) is 76.1 Å². The van der Waals surface area contributed by atoms with E-state index in [1.807, 2.05) is 42.7 Å². The van der Waals surface area contributed by atoms with E-state index in [2.05, 4.69) is 20.1 Å². The first-order valence-corrected chi connectivity index (χ1v) is 11.9. The zero-order chi connectivity index (χ0) is 21.8. The molecule has 1 aromatic carbocycles. The predicted molar refractivity (Wildman–Crippen MR) is 119 cm³/mol. The van der Waals surface area contributed by atoms with Crippen LogP contribution in [0, 0.1) is 0 Å². The largest absolute Gasteiger partial charge is 0.361 e. The monoisotopic (exact) mass is 435 g/mol. The van der Waals surface area contributed by atoms with E-state index in [9.17, 15) is 13.2 Å². The van der Waals surface area contributed by atoms with Crippen LogP contribution in [0.1, 0.15) is 16.8 Å². The Hall–Kier alpha value is -3.46. The SMILES string of the molecule is Cn1cc2c3c(c[nH]c3c1=O)CN(Cc1cccnn1)c1ccc(CS(C)(=O)=O)cc1-2. The third kappa shape index (κ3) is 3.50. The van der Waals surface area contributed by atoms with Crippen molar-refractivity contribution in [2.75, 3.05) is 11.2 Å². The fourth-order valence-corrected chi connectivity index (χ4v) is 5.06. The first-order chi connectivity index (χ1) is 14.8. The van der Waals surface area contributed by atoms with Gasteiger partial charge in [-0.25, -0.2) is 8.42 Å². The first kappa shape index (κ1) is 19.5. The molecule has 0 saturated carbocycles. The van der Waals surface area contributed by atoms with Gasteiger partial charge in [0, 0.05) is 60.6 Å². The third-order valence-corrected chi connectivity index (χ3v) is 6.41. The zero-order valence-corrected chi connectivity index (χ0v) is 18.0. The highest BCUT2D eigenvalue weighted by atomic mass is 32.2. The van der Waals surface area contributed by atoms with Crippen LogP contribution in [0.5, 0.6) is 0 Å². The summed E-state index contributed by atoms with van der Waals surface area (Å²) in [6, 6.07) is 9.50. The van der Waals surface area contributed by atoms with Crippen LogP contribution in [0.3, 0.4) is 0 Å². The average molecular weight is 436 g/mol. The lowest BCUT2D eigenvalue weighted by Crippen LogP contribution is -2.22. The molecule has 0 bridgehead atoms. The van der Waals surface area contributed by atoms with E-state index in [-0.39, 0.29) is 11.3 Å². The highest BCUT2D eigenvalue weighted by molar-refractivity contribution is 7.89. The van der Waals surface area contributed by atoms with Crippen molar-refractivity contribution in [2.24, 2.45) is 7.05 Å². The van der Waals surface area contributed by atoms with E-state index in [0.717, 1.165) is 33.5 Å². The Morgan fingerprint density at radius 3 is 2.77 bits per heavy atom. The van der Waals surface area contributed by atoms with E-state index < -0.39 is 9.84 Å². The molecule has 5 rings (SSSR count). The van der Waals surface area contributed by atoms with Crippen molar-refractivity contribution in [1.29, 1.82) is 0 Å². The van der Waals surface area contributed by atoms with Crippen LogP contribution >= 0.6 is 0 Å². The Balaban J connectivity index is 1.76. The molecule has 8 nitrogen and oxygen atoms in total. The minimum atomic E-state index is -3.18. The first-order valence-electron chi connectivity index (χ1n) is 9.82. The molecule has 0 unspecified atom stereocenters. The van der Waals surface area contributed by atoms with Crippen LogP contribution in [-0.4, -0.2) is 34.4 Å². The molecule has 3 aromatic heterocycles. The molecular weight excluding hydrogens is 414 g/mol. The number of fused-ring (bicyclic) bond motifs is 2. The number of hydrogen-bond acceptors (Lipinski definition) is 6. The number of benzene rings is 1. The normalized spacial score (nSPS) is 13.3. The number of sulfone groups is 1. The molecular formula is C22H21N5O3S. The van der Waals surface area contributed by atoms with Crippen molar-refractivity contribution in [3.8, 4) is 11.1 Å². The number of aromatic amines is 1. The molecule has 0 spiro atoms. The van der Waals surface area contributed by atoms with Crippen molar-refractivity contribution < 1.29 is 8.42 Å². The minimum Gasteiger partial charge on any atom is -0.361 e. The number of aryl methyl sites for hydroxylation is 1. The number of rotatable bonds is 4. The number of nitrogens with one attached hydrogen (secondary N) is 1. The average Bonchev–Trinajstić information content (AvgIpc) is 3.09. The number of pyridine rings is 1. The van der Waals surface area contributed by atoms with Crippen molar-refractivity contribution in [1.82, 2.24) is 19.7 Å². The lowest BCUT2D eigenvalue weighted by Gasteiger charge is -2.25. The van der Waals surface area contributed by atoms with Gasteiger partial charge in [0.25, 0.3) is 5.56 Å². The van der Waals surface area contributed by atoms with E-state index in [1.165, 1.54) is 6.26 Å². The number of hydrogen-bond donors (Lipinski definition) is 1. The van der Waals surface area contributed by atoms with Crippen LogP contribution in [-0.2, 0) is 35.7 Å². The lowest BCUT2D eigenvalue weighted by atomic mass is 9.99. The van der Waals surface area contributed by atoms with Crippen LogP contribution in [0.25, 0.3) is 22.0 Å². The number of aromatic nitrogens is 4. The fourth-order valence-electron chi connectivity index (χ4n) is 4.27. The molecule has 0 aliphatic carbocycles. The fraction of sp³-hybridized carbons (Fsp3) is 0.227. The van der Waals surface area contributed by atoms with E-state index in [0.29, 0.717) is 24.2 Å². The minimum absolute atomic E-state index is 0.0423. The molecule has 0 fully saturated rings. The van der Waals surface area contributed by atoms with Crippen molar-refractivity contribution >= 4 is 26.4 Å². The van der Waals surface area contributed by atoms with Gasteiger partial charge in [-0.2, -0.15) is 10.2 Å². The maximum atomic E-state index is 12.7. The van der Waals surface area contributed by atoms with Gasteiger partial charge in [-0.05, 0) is 35.4 Å². The smallest absolute Gasteiger partial charge is 0.274 e. The second-order valence-electron chi connectivity index (χ2n) is 8.02. The van der Waals surface area contributed by atoms with Gasteiger partial charge in [-0.15, -0.1) is 0 Å². The van der Waals surface area contributed by atoms with Gasteiger partial charge in [0.05, 0.1) is 18.0 Å². The number of anilines is 1. The summed E-state index contributed by atoms with van der Waals surface area (Å²) >= 11 is 0. The van der Waals surface area contributed by atoms with E-state index in [1.54, 1.807) is 17.8 Å². The zero-order valence-electron chi connectivity index (χ0n) is 17.2. The van der Waals surface area contributed by atoms with E-state index >= 15 is 0 Å². The molecule has 9 heteroatoms. The summed E-state index contributed by atoms with van der Waals surface area (Å²) in [4.78, 5) is 18.0. The molecule has 1 aliphatic heterocycles. The van der Waals surface area contributed by atoms with Crippen LogP contribution < -0.4 is 10.5 Å². The summed E-state index contributed by atoms with van der Waals surface area (Å²) in [5.74, 6) is -0.0423. The summed E-state index contributed by atoms with van der Waals surface area (Å²) in [6.45, 7) is 1.11. The molecule has 1 N–H and O–H groups in total. The summed E-state index contributed by atoms with van der Waals surface area (Å²) in [7, 11) is -1.46. The van der Waals surface area contributed by atoms with Crippen LogP contribution in [0.2, 0.25) is 0 Å². The maximum absolute atomic E-state index is 12.7. The van der Waals surface area contributed by atoms with Crippen molar-refractivity contribution in [3.63, 3.8) is 0 Å². The molecule has 0 amide bonds. The Labute approximate surface area is 179 Å². The Morgan fingerprint density at radius 2 is 2.03 bits per heavy atom. The lowest BCUT2D eigenvalue weighted by molar-refractivity contribution is 0.601. The molecule has 0 atom stereocenters. The highest BCUT2D eigenvalue weighted by Gasteiger charge is 2.25. The molecule has 158 valence electrons. The van der Waals surface area contributed by atoms with Gasteiger partial charge in [0.15, 0.2) is 9.84 Å². The van der Waals surface area contributed by atoms with Gasteiger partial charge in [0.1, 0.15) is 5.52 Å². The van der Waals surface area contributed by atoms with Gasteiger partial charge in [-0.3, -0.25) is 4.79 Å². The second kappa shape index (κ2) is 7.05. The van der Waals surface area contributed by atoms with Gasteiger partial charge in [-0.1, -0.05) is 6.07 Å². The van der Waals surface area contributed by atoms with Crippen LogP contribution in [0.15, 0.2) is 53.7 Å². The molecule has 0 radical (unpaired) electrons. The van der Waals surface area contributed by atoms with Gasteiger partial charge in [0.2, 0.25) is 0 Å². The van der Waals surface area contributed by atoms with E-state index in [4.69, 9.17) is 0 Å². The van der Waals surface area contributed by atoms with Crippen molar-refractivity contribution in [2.45, 2.75) is 18.8 Å². The molecule has 4 aromatic rings. The number of H-pyrrole nitrogens is 1. The topological polar surface area (TPSA) is 101 Å². The van der Waals surface area contributed by atoms with Gasteiger partial charge >= 0.3 is 0 Å². The summed E-state index contributed by atoms with van der Waals surface area (Å²) < 4.78 is 25.4. The van der Waals surface area contributed by atoms with Gasteiger partial charge < -0.3 is 14.5 Å². The Bertz CT molecular complexity index is 1470.